The molecule has 1 aromatic heterocycles. The van der Waals surface area contributed by atoms with E-state index in [4.69, 9.17) is 0 Å². The van der Waals surface area contributed by atoms with Crippen molar-refractivity contribution in [3.63, 3.8) is 0 Å². The molecule has 5 heteroatoms. The second-order valence-electron chi connectivity index (χ2n) is 5.17. The van der Waals surface area contributed by atoms with Gasteiger partial charge in [-0.1, -0.05) is 18.2 Å². The van der Waals surface area contributed by atoms with E-state index < -0.39 is 0 Å². The lowest BCUT2D eigenvalue weighted by atomic mass is 9.96. The minimum Gasteiger partial charge on any atom is -0.315 e. The molecule has 1 aliphatic heterocycles. The predicted octanol–water partition coefficient (Wildman–Crippen LogP) is 1.62. The fourth-order valence-electron chi connectivity index (χ4n) is 2.63. The molecular formula is C15H18N4O. The third-order valence-electron chi connectivity index (χ3n) is 3.74. The number of fused-ring (bicyclic) bond motifs is 1. The third-order valence-corrected chi connectivity index (χ3v) is 3.74. The quantitative estimate of drug-likeness (QED) is 0.922. The van der Waals surface area contributed by atoms with Gasteiger partial charge in [-0.2, -0.15) is 5.10 Å². The average Bonchev–Trinajstić information content (AvgIpc) is 2.87. The second-order valence-corrected chi connectivity index (χ2v) is 5.17. The van der Waals surface area contributed by atoms with Gasteiger partial charge in [-0.3, -0.25) is 9.48 Å². The molecule has 0 spiro atoms. The molecule has 104 valence electrons. The highest BCUT2D eigenvalue weighted by Crippen LogP contribution is 2.33. The largest absolute Gasteiger partial charge is 0.315 e. The first-order valence-corrected chi connectivity index (χ1v) is 6.71. The van der Waals surface area contributed by atoms with Crippen LogP contribution in [0, 0.1) is 0 Å². The average molecular weight is 270 g/mol. The summed E-state index contributed by atoms with van der Waals surface area (Å²) in [6.45, 7) is 0.712. The smallest absolute Gasteiger partial charge is 0.228 e. The molecule has 5 nitrogen and oxygen atoms in total. The fraction of sp³-hybridized carbons (Fsp3) is 0.333. The van der Waals surface area contributed by atoms with Crippen LogP contribution in [0.4, 0.5) is 5.69 Å². The number of carbonyl (C=O) groups excluding carboxylic acids is 1. The summed E-state index contributed by atoms with van der Waals surface area (Å²) in [5.41, 5.74) is 3.29. The van der Waals surface area contributed by atoms with Crippen LogP contribution in [-0.4, -0.2) is 22.7 Å². The van der Waals surface area contributed by atoms with Crippen molar-refractivity contribution in [1.82, 2.24) is 15.1 Å². The number of aryl methyl sites for hydroxylation is 1. The number of benzene rings is 1. The Morgan fingerprint density at radius 2 is 2.15 bits per heavy atom. The van der Waals surface area contributed by atoms with Crippen molar-refractivity contribution in [1.29, 1.82) is 0 Å². The van der Waals surface area contributed by atoms with Gasteiger partial charge in [-0.25, -0.2) is 0 Å². The van der Waals surface area contributed by atoms with Crippen LogP contribution in [-0.2, 0) is 18.4 Å². The summed E-state index contributed by atoms with van der Waals surface area (Å²) >= 11 is 0. The van der Waals surface area contributed by atoms with E-state index in [2.05, 4.69) is 16.5 Å². The molecule has 20 heavy (non-hydrogen) atoms. The number of amides is 1. The van der Waals surface area contributed by atoms with Crippen molar-refractivity contribution in [3.05, 3.63) is 47.8 Å². The number of aromatic nitrogens is 2. The standard InChI is InChI=1S/C15H18N4O/c1-18-10-11(9-17-18)8-16-13-7-15(20)19(2)14-6-4-3-5-12(13)14/h3-6,9-10,13,16H,7-8H2,1-2H3. The Bertz CT molecular complexity index is 634. The number of para-hydroxylation sites is 1. The van der Waals surface area contributed by atoms with Gasteiger partial charge in [0, 0.05) is 50.6 Å². The minimum atomic E-state index is 0.0649. The molecule has 0 fully saturated rings. The molecule has 1 aromatic carbocycles. The van der Waals surface area contributed by atoms with E-state index in [0.717, 1.165) is 11.3 Å². The zero-order chi connectivity index (χ0) is 14.1. The highest BCUT2D eigenvalue weighted by Gasteiger charge is 2.28. The Hall–Kier alpha value is -2.14. The molecule has 0 saturated heterocycles. The van der Waals surface area contributed by atoms with Crippen molar-refractivity contribution in [2.45, 2.75) is 19.0 Å². The number of anilines is 1. The summed E-state index contributed by atoms with van der Waals surface area (Å²) in [4.78, 5) is 13.8. The lowest BCUT2D eigenvalue weighted by Gasteiger charge is -2.32. The van der Waals surface area contributed by atoms with E-state index in [1.165, 1.54) is 5.56 Å². The van der Waals surface area contributed by atoms with Crippen LogP contribution in [0.15, 0.2) is 36.7 Å². The van der Waals surface area contributed by atoms with Gasteiger partial charge in [-0.15, -0.1) is 0 Å². The summed E-state index contributed by atoms with van der Waals surface area (Å²) in [5.74, 6) is 0.146. The maximum Gasteiger partial charge on any atom is 0.228 e. The van der Waals surface area contributed by atoms with E-state index in [9.17, 15) is 4.79 Å². The predicted molar refractivity (Wildman–Crippen MR) is 77.3 cm³/mol. The molecular weight excluding hydrogens is 252 g/mol. The normalized spacial score (nSPS) is 18.2. The van der Waals surface area contributed by atoms with Gasteiger partial charge in [-0.05, 0) is 11.6 Å². The summed E-state index contributed by atoms with van der Waals surface area (Å²) < 4.78 is 1.78. The molecule has 0 saturated carbocycles. The number of hydrogen-bond donors (Lipinski definition) is 1. The van der Waals surface area contributed by atoms with Gasteiger partial charge in [0.05, 0.1) is 6.20 Å². The third kappa shape index (κ3) is 2.32. The zero-order valence-electron chi connectivity index (χ0n) is 11.7. The van der Waals surface area contributed by atoms with Crippen LogP contribution in [0.25, 0.3) is 0 Å². The van der Waals surface area contributed by atoms with Crippen molar-refractivity contribution in [2.24, 2.45) is 7.05 Å². The van der Waals surface area contributed by atoms with Gasteiger partial charge >= 0.3 is 0 Å². The van der Waals surface area contributed by atoms with Crippen molar-refractivity contribution < 1.29 is 4.79 Å². The second kappa shape index (κ2) is 5.09. The lowest BCUT2D eigenvalue weighted by Crippen LogP contribution is -2.37. The number of carbonyl (C=O) groups is 1. The fourth-order valence-corrected chi connectivity index (χ4v) is 2.63. The summed E-state index contributed by atoms with van der Waals surface area (Å²) in [6, 6.07) is 8.12. The van der Waals surface area contributed by atoms with E-state index >= 15 is 0 Å². The van der Waals surface area contributed by atoms with Crippen LogP contribution < -0.4 is 10.2 Å². The van der Waals surface area contributed by atoms with Crippen molar-refractivity contribution >= 4 is 11.6 Å². The highest BCUT2D eigenvalue weighted by molar-refractivity contribution is 5.96. The molecule has 1 atom stereocenters. The molecule has 1 aliphatic rings. The number of hydrogen-bond acceptors (Lipinski definition) is 3. The zero-order valence-corrected chi connectivity index (χ0v) is 11.7. The number of rotatable bonds is 3. The summed E-state index contributed by atoms with van der Waals surface area (Å²) in [6.07, 6.45) is 4.32. The molecule has 1 unspecified atom stereocenters. The van der Waals surface area contributed by atoms with Crippen LogP contribution in [0.1, 0.15) is 23.6 Å². The summed E-state index contributed by atoms with van der Waals surface area (Å²) in [5, 5.41) is 7.61. The number of nitrogens with zero attached hydrogens (tertiary/aromatic N) is 3. The maximum atomic E-state index is 12.1. The lowest BCUT2D eigenvalue weighted by molar-refractivity contribution is -0.119. The molecule has 3 rings (SSSR count). The highest BCUT2D eigenvalue weighted by atomic mass is 16.2. The molecule has 0 bridgehead atoms. The molecule has 1 N–H and O–H groups in total. The van der Waals surface area contributed by atoms with Crippen molar-refractivity contribution in [2.75, 3.05) is 11.9 Å². The van der Waals surface area contributed by atoms with Crippen LogP contribution in [0.3, 0.4) is 0 Å². The molecule has 1 amide bonds. The topological polar surface area (TPSA) is 50.2 Å². The van der Waals surface area contributed by atoms with Crippen LogP contribution >= 0.6 is 0 Å². The SMILES string of the molecule is CN1C(=O)CC(NCc2cnn(C)c2)c2ccccc21. The van der Waals surface area contributed by atoms with Gasteiger partial charge in [0.2, 0.25) is 5.91 Å². The van der Waals surface area contributed by atoms with Crippen molar-refractivity contribution in [3.8, 4) is 0 Å². The molecule has 0 aliphatic carbocycles. The first-order valence-electron chi connectivity index (χ1n) is 6.71. The number of nitrogens with one attached hydrogen (secondary N) is 1. The minimum absolute atomic E-state index is 0.0649. The summed E-state index contributed by atoms with van der Waals surface area (Å²) in [7, 11) is 3.73. The first kappa shape index (κ1) is 12.9. The molecule has 2 aromatic rings. The van der Waals surface area contributed by atoms with Gasteiger partial charge < -0.3 is 10.2 Å². The van der Waals surface area contributed by atoms with E-state index in [1.54, 1.807) is 9.58 Å². The van der Waals surface area contributed by atoms with E-state index in [0.29, 0.717) is 13.0 Å². The first-order chi connectivity index (χ1) is 9.65. The van der Waals surface area contributed by atoms with Gasteiger partial charge in [0.15, 0.2) is 0 Å². The molecule has 2 heterocycles. The Kier molecular flexibility index (Phi) is 3.28. The van der Waals surface area contributed by atoms with Gasteiger partial charge in [0.25, 0.3) is 0 Å². The maximum absolute atomic E-state index is 12.1. The Balaban J connectivity index is 1.80. The Morgan fingerprint density at radius 3 is 2.90 bits per heavy atom. The van der Waals surface area contributed by atoms with E-state index in [1.807, 2.05) is 44.7 Å². The molecule has 0 radical (unpaired) electrons. The van der Waals surface area contributed by atoms with Gasteiger partial charge in [0.1, 0.15) is 0 Å². The van der Waals surface area contributed by atoms with E-state index in [-0.39, 0.29) is 11.9 Å². The Labute approximate surface area is 118 Å². The Morgan fingerprint density at radius 1 is 1.35 bits per heavy atom. The van der Waals surface area contributed by atoms with Crippen LogP contribution in [0.5, 0.6) is 0 Å². The van der Waals surface area contributed by atoms with Crippen LogP contribution in [0.2, 0.25) is 0 Å². The monoisotopic (exact) mass is 270 g/mol.